The molecule has 0 radical (unpaired) electrons. The fourth-order valence-corrected chi connectivity index (χ4v) is 4.52. The Morgan fingerprint density at radius 1 is 1.29 bits per heavy atom. The molecule has 0 saturated heterocycles. The van der Waals surface area contributed by atoms with E-state index in [-0.39, 0.29) is 30.9 Å². The predicted octanol–water partition coefficient (Wildman–Crippen LogP) is 3.89. The van der Waals surface area contributed by atoms with E-state index in [4.69, 9.17) is 15.6 Å². The van der Waals surface area contributed by atoms with E-state index in [0.717, 1.165) is 28.7 Å². The number of carbonyl (C=O) groups is 2. The summed E-state index contributed by atoms with van der Waals surface area (Å²) in [6.07, 6.45) is 7.92. The number of hydrogen-bond acceptors (Lipinski definition) is 8. The molecule has 1 aliphatic carbocycles. The summed E-state index contributed by atoms with van der Waals surface area (Å²) in [5.74, 6) is 5.28. The van der Waals surface area contributed by atoms with Crippen molar-refractivity contribution in [3.8, 4) is 0 Å². The summed E-state index contributed by atoms with van der Waals surface area (Å²) < 4.78 is 5.12. The highest BCUT2D eigenvalue weighted by Crippen LogP contribution is 2.34. The lowest BCUT2D eigenvalue weighted by Gasteiger charge is -2.23. The van der Waals surface area contributed by atoms with Crippen molar-refractivity contribution in [3.05, 3.63) is 69.2 Å². The molecule has 2 aliphatic heterocycles. The average Bonchev–Trinajstić information content (AvgIpc) is 3.13. The normalized spacial score (nSPS) is 19.0. The highest BCUT2D eigenvalue weighted by Gasteiger charge is 2.28. The second-order valence-corrected chi connectivity index (χ2v) is 8.63. The van der Waals surface area contributed by atoms with Crippen molar-refractivity contribution >= 4 is 23.3 Å². The number of ether oxygens (including phenoxy) is 1. The van der Waals surface area contributed by atoms with Gasteiger partial charge in [0.15, 0.2) is 5.84 Å². The van der Waals surface area contributed by atoms with Crippen LogP contribution in [0.25, 0.3) is 5.57 Å². The Bertz CT molecular complexity index is 1180. The number of cyclic esters (lactones) is 1. The first-order valence-corrected chi connectivity index (χ1v) is 11.7. The fraction of sp³-hybridized carbons (Fsp3) is 0.400. The second kappa shape index (κ2) is 11.0. The van der Waals surface area contributed by atoms with Crippen LogP contribution in [0.2, 0.25) is 0 Å². The Hall–Kier alpha value is -3.95. The molecule has 0 spiro atoms. The van der Waals surface area contributed by atoms with Gasteiger partial charge >= 0.3 is 5.97 Å². The highest BCUT2D eigenvalue weighted by atomic mass is 16.5. The summed E-state index contributed by atoms with van der Waals surface area (Å²) in [7, 11) is 0. The molecule has 1 atom stereocenters. The van der Waals surface area contributed by atoms with Crippen LogP contribution in [0.1, 0.15) is 54.1 Å². The minimum absolute atomic E-state index is 0.119. The smallest absolute Gasteiger partial charge is 0.338 e. The highest BCUT2D eigenvalue weighted by molar-refractivity contribution is 6.01. The molecular formula is C25H28N6O4. The number of rotatable bonds is 8. The number of hydrogen-bond donors (Lipinski definition) is 1. The Morgan fingerprint density at radius 2 is 2.14 bits per heavy atom. The van der Waals surface area contributed by atoms with Crippen LogP contribution in [-0.2, 0) is 16.1 Å². The van der Waals surface area contributed by atoms with Crippen molar-refractivity contribution in [3.63, 3.8) is 0 Å². The zero-order chi connectivity index (χ0) is 24.8. The molecule has 0 fully saturated rings. The summed E-state index contributed by atoms with van der Waals surface area (Å²) in [6, 6.07) is 5.49. The lowest BCUT2D eigenvalue weighted by atomic mass is 9.88. The van der Waals surface area contributed by atoms with E-state index in [1.807, 2.05) is 43.4 Å². The minimum Gasteiger partial charge on any atom is -0.457 e. The van der Waals surface area contributed by atoms with Gasteiger partial charge in [0.25, 0.3) is 0 Å². The standard InChI is InChI=1S/C25H28N6O4/c1-2-9-31(10-3-8-27-34)24(32)20-11-18-6-4-17(13-22(18)28-23(14-20)29-30-26)16-5-7-19-15-35-25(33)21(19)12-16/h4-7,11-12,22H,2-3,8-10,13-15H2,1H3,(H2,26,28,29). The molecule has 1 amide bonds. The van der Waals surface area contributed by atoms with Crippen LogP contribution in [0.5, 0.6) is 0 Å². The van der Waals surface area contributed by atoms with Crippen LogP contribution in [0.3, 0.4) is 0 Å². The number of benzene rings is 1. The fourth-order valence-electron chi connectivity index (χ4n) is 4.52. The predicted molar refractivity (Wildman–Crippen MR) is 131 cm³/mol. The third-order valence-electron chi connectivity index (χ3n) is 6.23. The number of carbonyl (C=O) groups excluding carboxylic acids is 2. The molecule has 182 valence electrons. The van der Waals surface area contributed by atoms with Crippen LogP contribution in [-0.4, -0.2) is 48.3 Å². The maximum Gasteiger partial charge on any atom is 0.338 e. The minimum atomic E-state index is -0.306. The largest absolute Gasteiger partial charge is 0.457 e. The quantitative estimate of drug-likeness (QED) is 0.151. The van der Waals surface area contributed by atoms with Crippen LogP contribution < -0.4 is 5.84 Å². The molecule has 4 rings (SSSR count). The molecule has 2 N–H and O–H groups in total. The van der Waals surface area contributed by atoms with Gasteiger partial charge in [-0.25, -0.2) is 4.79 Å². The zero-order valence-corrected chi connectivity index (χ0v) is 19.6. The van der Waals surface area contributed by atoms with Gasteiger partial charge in [0.2, 0.25) is 5.91 Å². The van der Waals surface area contributed by atoms with Gasteiger partial charge in [-0.15, -0.1) is 5.11 Å². The molecule has 0 aromatic heterocycles. The van der Waals surface area contributed by atoms with E-state index in [2.05, 4.69) is 15.5 Å². The van der Waals surface area contributed by atoms with Gasteiger partial charge in [-0.2, -0.15) is 4.91 Å². The van der Waals surface area contributed by atoms with Crippen molar-refractivity contribution in [2.75, 3.05) is 19.6 Å². The lowest BCUT2D eigenvalue weighted by molar-refractivity contribution is -0.127. The number of esters is 1. The molecule has 0 saturated carbocycles. The Morgan fingerprint density at radius 3 is 2.91 bits per heavy atom. The van der Waals surface area contributed by atoms with Crippen LogP contribution >= 0.6 is 0 Å². The van der Waals surface area contributed by atoms with Crippen LogP contribution in [0, 0.1) is 4.91 Å². The molecule has 1 aromatic rings. The van der Waals surface area contributed by atoms with Crippen LogP contribution in [0.4, 0.5) is 0 Å². The number of nitrogens with two attached hydrogens (primary N) is 1. The Labute approximate surface area is 203 Å². The number of nitrogens with zero attached hydrogens (tertiary/aromatic N) is 5. The Balaban J connectivity index is 1.65. The Kier molecular flexibility index (Phi) is 7.59. The molecular weight excluding hydrogens is 448 g/mol. The summed E-state index contributed by atoms with van der Waals surface area (Å²) in [5.41, 5.74) is 4.87. The van der Waals surface area contributed by atoms with Gasteiger partial charge in [-0.3, -0.25) is 9.79 Å². The average molecular weight is 477 g/mol. The van der Waals surface area contributed by atoms with Crippen molar-refractivity contribution in [2.24, 2.45) is 26.3 Å². The summed E-state index contributed by atoms with van der Waals surface area (Å²) in [4.78, 5) is 42.4. The van der Waals surface area contributed by atoms with E-state index in [1.54, 1.807) is 4.90 Å². The number of amides is 1. The monoisotopic (exact) mass is 476 g/mol. The number of allylic oxidation sites excluding steroid dienone is 2. The van der Waals surface area contributed by atoms with Gasteiger partial charge in [0, 0.05) is 30.6 Å². The molecule has 0 bridgehead atoms. The third-order valence-corrected chi connectivity index (χ3v) is 6.23. The van der Waals surface area contributed by atoms with E-state index < -0.39 is 0 Å². The molecule has 1 aromatic carbocycles. The van der Waals surface area contributed by atoms with Crippen molar-refractivity contribution < 1.29 is 14.3 Å². The topological polar surface area (TPSA) is 139 Å². The van der Waals surface area contributed by atoms with Crippen LogP contribution in [0.15, 0.2) is 68.1 Å². The van der Waals surface area contributed by atoms with Crippen molar-refractivity contribution in [2.45, 2.75) is 45.3 Å². The van der Waals surface area contributed by atoms with Gasteiger partial charge < -0.3 is 15.5 Å². The van der Waals surface area contributed by atoms with Gasteiger partial charge in [0.05, 0.1) is 18.2 Å². The van der Waals surface area contributed by atoms with E-state index in [1.165, 1.54) is 0 Å². The number of nitroso groups, excluding NO2 is 1. The molecule has 10 heteroatoms. The van der Waals surface area contributed by atoms with Crippen molar-refractivity contribution in [1.82, 2.24) is 4.90 Å². The van der Waals surface area contributed by atoms with E-state index >= 15 is 0 Å². The molecule has 10 nitrogen and oxygen atoms in total. The number of aliphatic imine (C=N–C) groups is 1. The van der Waals surface area contributed by atoms with Gasteiger partial charge in [-0.1, -0.05) is 41.6 Å². The number of fused-ring (bicyclic) bond motifs is 2. The molecule has 35 heavy (non-hydrogen) atoms. The first-order valence-electron chi connectivity index (χ1n) is 11.7. The SMILES string of the molecule is CCCN(CCCN=O)C(=O)C1=CC2=CC=C(c3ccc4c(c3)C(=O)OC4)CC2N=C(N=NN)C1. The summed E-state index contributed by atoms with van der Waals surface area (Å²) in [6.45, 7) is 3.50. The first-order chi connectivity index (χ1) is 17.0. The van der Waals surface area contributed by atoms with Gasteiger partial charge in [0.1, 0.15) is 6.61 Å². The summed E-state index contributed by atoms with van der Waals surface area (Å²) in [5, 5.41) is 10.3. The van der Waals surface area contributed by atoms with E-state index in [0.29, 0.717) is 49.5 Å². The molecule has 3 aliphatic rings. The second-order valence-electron chi connectivity index (χ2n) is 8.63. The van der Waals surface area contributed by atoms with Crippen molar-refractivity contribution in [1.29, 1.82) is 0 Å². The molecule has 1 unspecified atom stereocenters. The maximum atomic E-state index is 13.4. The third kappa shape index (κ3) is 5.42. The maximum absolute atomic E-state index is 13.4. The van der Waals surface area contributed by atoms with E-state index in [9.17, 15) is 14.5 Å². The number of amidine groups is 1. The molecule has 2 heterocycles. The summed E-state index contributed by atoms with van der Waals surface area (Å²) >= 11 is 0. The van der Waals surface area contributed by atoms with Gasteiger partial charge in [-0.05, 0) is 48.1 Å². The zero-order valence-electron chi connectivity index (χ0n) is 19.6. The first kappa shape index (κ1) is 24.2. The lowest BCUT2D eigenvalue weighted by Crippen LogP contribution is -2.34.